The molecule has 3 nitrogen and oxygen atoms in total. The fourth-order valence-corrected chi connectivity index (χ4v) is 2.59. The van der Waals surface area contributed by atoms with Crippen LogP contribution in [0, 0.1) is 5.82 Å². The third-order valence-electron chi connectivity index (χ3n) is 3.84. The number of aliphatic hydroxyl groups is 1. The first-order chi connectivity index (χ1) is 11.2. The highest BCUT2D eigenvalue weighted by atomic mass is 19.1. The maximum Gasteiger partial charge on any atom is 0.224 e. The van der Waals surface area contributed by atoms with Crippen LogP contribution in [-0.2, 0) is 11.2 Å². The van der Waals surface area contributed by atoms with E-state index in [1.165, 1.54) is 17.7 Å². The summed E-state index contributed by atoms with van der Waals surface area (Å²) in [5.41, 5.74) is 1.97. The fourth-order valence-electron chi connectivity index (χ4n) is 2.59. The SMILES string of the molecule is O=C(Cc1ccc(F)cc1)NCCC(CCO)c1ccccc1. The van der Waals surface area contributed by atoms with Crippen LogP contribution in [0.15, 0.2) is 54.6 Å². The van der Waals surface area contributed by atoms with Gasteiger partial charge in [0.2, 0.25) is 5.91 Å². The third kappa shape index (κ3) is 5.83. The second-order valence-electron chi connectivity index (χ2n) is 5.56. The molecule has 0 bridgehead atoms. The Morgan fingerprint density at radius 3 is 2.39 bits per heavy atom. The van der Waals surface area contributed by atoms with E-state index in [2.05, 4.69) is 5.32 Å². The van der Waals surface area contributed by atoms with Gasteiger partial charge in [-0.25, -0.2) is 4.39 Å². The highest BCUT2D eigenvalue weighted by Crippen LogP contribution is 2.22. The third-order valence-corrected chi connectivity index (χ3v) is 3.84. The van der Waals surface area contributed by atoms with Crippen molar-refractivity contribution >= 4 is 5.91 Å². The van der Waals surface area contributed by atoms with Crippen molar-refractivity contribution in [3.05, 3.63) is 71.5 Å². The summed E-state index contributed by atoms with van der Waals surface area (Å²) in [7, 11) is 0. The smallest absolute Gasteiger partial charge is 0.224 e. The van der Waals surface area contributed by atoms with Gasteiger partial charge in [-0.3, -0.25) is 4.79 Å². The number of halogens is 1. The van der Waals surface area contributed by atoms with E-state index in [1.807, 2.05) is 30.3 Å². The van der Waals surface area contributed by atoms with Crippen molar-refractivity contribution in [2.75, 3.05) is 13.2 Å². The minimum atomic E-state index is -0.302. The lowest BCUT2D eigenvalue weighted by molar-refractivity contribution is -0.120. The Kier molecular flexibility index (Phi) is 6.76. The van der Waals surface area contributed by atoms with Crippen molar-refractivity contribution in [3.8, 4) is 0 Å². The normalized spacial score (nSPS) is 11.9. The van der Waals surface area contributed by atoms with Crippen LogP contribution < -0.4 is 5.32 Å². The van der Waals surface area contributed by atoms with Crippen LogP contribution in [0.2, 0.25) is 0 Å². The van der Waals surface area contributed by atoms with Gasteiger partial charge >= 0.3 is 0 Å². The number of carbonyl (C=O) groups is 1. The minimum Gasteiger partial charge on any atom is -0.396 e. The Balaban J connectivity index is 1.80. The number of aliphatic hydroxyl groups excluding tert-OH is 1. The zero-order valence-electron chi connectivity index (χ0n) is 13.0. The molecule has 2 aromatic carbocycles. The molecule has 2 aromatic rings. The summed E-state index contributed by atoms with van der Waals surface area (Å²) in [5.74, 6) is -0.149. The number of hydrogen-bond acceptors (Lipinski definition) is 2. The Bertz CT molecular complexity index is 599. The van der Waals surface area contributed by atoms with Gasteiger partial charge in [0.15, 0.2) is 0 Å². The van der Waals surface area contributed by atoms with Gasteiger partial charge in [-0.2, -0.15) is 0 Å². The summed E-state index contributed by atoms with van der Waals surface area (Å²) in [4.78, 5) is 11.9. The van der Waals surface area contributed by atoms with Crippen molar-refractivity contribution in [1.29, 1.82) is 0 Å². The molecule has 0 fully saturated rings. The first kappa shape index (κ1) is 17.2. The maximum absolute atomic E-state index is 12.8. The Labute approximate surface area is 136 Å². The van der Waals surface area contributed by atoms with E-state index in [4.69, 9.17) is 0 Å². The van der Waals surface area contributed by atoms with Crippen molar-refractivity contribution in [3.63, 3.8) is 0 Å². The van der Waals surface area contributed by atoms with Gasteiger partial charge in [0, 0.05) is 13.2 Å². The summed E-state index contributed by atoms with van der Waals surface area (Å²) in [5, 5.41) is 12.1. The predicted octanol–water partition coefficient (Wildman–Crippen LogP) is 3.04. The number of nitrogens with one attached hydrogen (secondary N) is 1. The lowest BCUT2D eigenvalue weighted by Gasteiger charge is -2.16. The van der Waals surface area contributed by atoms with Crippen LogP contribution in [0.5, 0.6) is 0 Å². The molecule has 0 aliphatic carbocycles. The topological polar surface area (TPSA) is 49.3 Å². The van der Waals surface area contributed by atoms with Gasteiger partial charge in [0.1, 0.15) is 5.82 Å². The molecule has 1 unspecified atom stereocenters. The van der Waals surface area contributed by atoms with Crippen molar-refractivity contribution < 1.29 is 14.3 Å². The minimum absolute atomic E-state index is 0.0765. The van der Waals surface area contributed by atoms with Crippen molar-refractivity contribution in [2.24, 2.45) is 0 Å². The van der Waals surface area contributed by atoms with E-state index in [1.54, 1.807) is 12.1 Å². The van der Waals surface area contributed by atoms with Gasteiger partial charge in [-0.1, -0.05) is 42.5 Å². The van der Waals surface area contributed by atoms with E-state index in [-0.39, 0.29) is 30.7 Å². The molecule has 1 amide bonds. The molecular formula is C19H22FNO2. The Morgan fingerprint density at radius 1 is 1.04 bits per heavy atom. The highest BCUT2D eigenvalue weighted by Gasteiger charge is 2.11. The van der Waals surface area contributed by atoms with Gasteiger partial charge in [-0.15, -0.1) is 0 Å². The largest absolute Gasteiger partial charge is 0.396 e. The molecule has 0 radical (unpaired) electrons. The van der Waals surface area contributed by atoms with E-state index in [9.17, 15) is 14.3 Å². The average molecular weight is 315 g/mol. The van der Waals surface area contributed by atoms with Crippen LogP contribution in [0.25, 0.3) is 0 Å². The van der Waals surface area contributed by atoms with Crippen LogP contribution in [0.1, 0.15) is 29.9 Å². The second-order valence-corrected chi connectivity index (χ2v) is 5.56. The lowest BCUT2D eigenvalue weighted by atomic mass is 9.93. The molecule has 23 heavy (non-hydrogen) atoms. The first-order valence-electron chi connectivity index (χ1n) is 7.86. The molecule has 0 saturated carbocycles. The number of amides is 1. The standard InChI is InChI=1S/C19H22FNO2/c20-18-8-6-15(7-9-18)14-19(23)21-12-10-17(11-13-22)16-4-2-1-3-5-16/h1-9,17,22H,10-14H2,(H,21,23). The average Bonchev–Trinajstić information content (AvgIpc) is 2.57. The summed E-state index contributed by atoms with van der Waals surface area (Å²) < 4.78 is 12.8. The zero-order chi connectivity index (χ0) is 16.5. The molecule has 1 atom stereocenters. The first-order valence-corrected chi connectivity index (χ1v) is 7.86. The van der Waals surface area contributed by atoms with E-state index >= 15 is 0 Å². The van der Waals surface area contributed by atoms with Crippen molar-refractivity contribution in [1.82, 2.24) is 5.32 Å². The van der Waals surface area contributed by atoms with Crippen LogP contribution in [0.4, 0.5) is 4.39 Å². The molecule has 2 rings (SSSR count). The monoisotopic (exact) mass is 315 g/mol. The van der Waals surface area contributed by atoms with Crippen LogP contribution >= 0.6 is 0 Å². The Hall–Kier alpha value is -2.20. The molecule has 0 aromatic heterocycles. The maximum atomic E-state index is 12.8. The molecule has 0 aliphatic rings. The van der Waals surface area contributed by atoms with Gasteiger partial charge in [0.25, 0.3) is 0 Å². The molecule has 0 saturated heterocycles. The second kappa shape index (κ2) is 9.06. The van der Waals surface area contributed by atoms with E-state index in [0.29, 0.717) is 13.0 Å². The molecule has 0 heterocycles. The molecule has 0 spiro atoms. The lowest BCUT2D eigenvalue weighted by Crippen LogP contribution is -2.27. The number of carbonyl (C=O) groups excluding carboxylic acids is 1. The quantitative estimate of drug-likeness (QED) is 0.786. The molecule has 4 heteroatoms. The zero-order valence-corrected chi connectivity index (χ0v) is 13.0. The fraction of sp³-hybridized carbons (Fsp3) is 0.316. The summed E-state index contributed by atoms with van der Waals surface area (Å²) in [6.45, 7) is 0.683. The van der Waals surface area contributed by atoms with Gasteiger partial charge in [0.05, 0.1) is 6.42 Å². The number of benzene rings is 2. The molecule has 122 valence electrons. The number of hydrogen-bond donors (Lipinski definition) is 2. The molecule has 0 aliphatic heterocycles. The van der Waals surface area contributed by atoms with Gasteiger partial charge < -0.3 is 10.4 Å². The summed E-state index contributed by atoms with van der Waals surface area (Å²) in [6.07, 6.45) is 1.70. The van der Waals surface area contributed by atoms with Crippen molar-refractivity contribution in [2.45, 2.75) is 25.2 Å². The van der Waals surface area contributed by atoms with E-state index < -0.39 is 0 Å². The van der Waals surface area contributed by atoms with Gasteiger partial charge in [-0.05, 0) is 42.0 Å². The van der Waals surface area contributed by atoms with Crippen LogP contribution in [0.3, 0.4) is 0 Å². The molecule has 2 N–H and O–H groups in total. The summed E-state index contributed by atoms with van der Waals surface area (Å²) >= 11 is 0. The Morgan fingerprint density at radius 2 is 1.74 bits per heavy atom. The van der Waals surface area contributed by atoms with Crippen LogP contribution in [-0.4, -0.2) is 24.2 Å². The van der Waals surface area contributed by atoms with E-state index in [0.717, 1.165) is 12.0 Å². The summed E-state index contributed by atoms with van der Waals surface area (Å²) in [6, 6.07) is 16.0. The predicted molar refractivity (Wildman–Crippen MR) is 88.6 cm³/mol. The number of rotatable bonds is 8. The molecular weight excluding hydrogens is 293 g/mol. The highest BCUT2D eigenvalue weighted by molar-refractivity contribution is 5.78.